The lowest BCUT2D eigenvalue weighted by Crippen LogP contribution is -2.46. The number of isocyanates is 1. The predicted molar refractivity (Wildman–Crippen MR) is 61.9 cm³/mol. The third-order valence-electron chi connectivity index (χ3n) is 2.36. The molecule has 5 heteroatoms. The van der Waals surface area contributed by atoms with Crippen molar-refractivity contribution >= 4 is 17.6 Å². The van der Waals surface area contributed by atoms with Crippen LogP contribution in [0.25, 0.3) is 0 Å². The number of carbonyl (C=O) groups excluding carboxylic acids is 3. The molecule has 0 aliphatic rings. The molecule has 0 aliphatic carbocycles. The van der Waals surface area contributed by atoms with E-state index in [4.69, 9.17) is 0 Å². The molecule has 92 valence electrons. The molecule has 0 spiro atoms. The summed E-state index contributed by atoms with van der Waals surface area (Å²) >= 11 is 0. The van der Waals surface area contributed by atoms with Gasteiger partial charge in [0.1, 0.15) is 0 Å². The SMILES string of the molecule is C=C(C)C(=O)C(C)C(O)(N=C=O)C(=O)C(=C)C. The van der Waals surface area contributed by atoms with Crippen LogP contribution < -0.4 is 0 Å². The summed E-state index contributed by atoms with van der Waals surface area (Å²) in [5.41, 5.74) is -2.30. The molecule has 0 fully saturated rings. The summed E-state index contributed by atoms with van der Waals surface area (Å²) in [6.07, 6.45) is 1.10. The van der Waals surface area contributed by atoms with Gasteiger partial charge in [0.15, 0.2) is 5.78 Å². The molecule has 0 saturated carbocycles. The second-order valence-electron chi connectivity index (χ2n) is 3.90. The van der Waals surface area contributed by atoms with E-state index in [0.29, 0.717) is 0 Å². The van der Waals surface area contributed by atoms with E-state index in [1.807, 2.05) is 0 Å². The van der Waals surface area contributed by atoms with Gasteiger partial charge in [-0.05, 0) is 31.9 Å². The first kappa shape index (κ1) is 15.2. The smallest absolute Gasteiger partial charge is 0.241 e. The number of rotatable bonds is 6. The van der Waals surface area contributed by atoms with Crippen LogP contribution in [0.5, 0.6) is 0 Å². The van der Waals surface area contributed by atoms with Crippen molar-refractivity contribution in [3.05, 3.63) is 24.3 Å². The highest BCUT2D eigenvalue weighted by molar-refractivity contribution is 6.07. The van der Waals surface area contributed by atoms with E-state index < -0.39 is 23.2 Å². The van der Waals surface area contributed by atoms with Crippen LogP contribution in [0.3, 0.4) is 0 Å². The quantitative estimate of drug-likeness (QED) is 0.423. The number of Topliss-reactive ketones (excluding diaryl/α,β-unsaturated/α-hetero) is 2. The van der Waals surface area contributed by atoms with E-state index in [0.717, 1.165) is 6.08 Å². The molecule has 1 N–H and O–H groups in total. The molecule has 0 aromatic carbocycles. The molecular formula is C12H15NO4. The maximum absolute atomic E-state index is 11.7. The van der Waals surface area contributed by atoms with Crippen molar-refractivity contribution in [2.75, 3.05) is 0 Å². The zero-order valence-electron chi connectivity index (χ0n) is 10.1. The second kappa shape index (κ2) is 5.48. The topological polar surface area (TPSA) is 83.8 Å². The molecule has 0 saturated heterocycles. The molecule has 2 unspecified atom stereocenters. The van der Waals surface area contributed by atoms with Crippen LogP contribution in [-0.4, -0.2) is 28.5 Å². The first-order valence-electron chi connectivity index (χ1n) is 4.90. The Morgan fingerprint density at radius 3 is 2.06 bits per heavy atom. The normalized spacial score (nSPS) is 15.1. The van der Waals surface area contributed by atoms with Gasteiger partial charge < -0.3 is 5.11 Å². The Morgan fingerprint density at radius 2 is 1.76 bits per heavy atom. The molecule has 0 heterocycles. The van der Waals surface area contributed by atoms with Gasteiger partial charge >= 0.3 is 0 Å². The Hall–Kier alpha value is -1.84. The van der Waals surface area contributed by atoms with Crippen molar-refractivity contribution < 1.29 is 19.5 Å². The lowest BCUT2D eigenvalue weighted by Gasteiger charge is -2.26. The van der Waals surface area contributed by atoms with Gasteiger partial charge in [-0.15, -0.1) is 0 Å². The lowest BCUT2D eigenvalue weighted by atomic mass is 9.85. The van der Waals surface area contributed by atoms with Crippen LogP contribution >= 0.6 is 0 Å². The van der Waals surface area contributed by atoms with E-state index in [1.165, 1.54) is 20.8 Å². The van der Waals surface area contributed by atoms with Crippen LogP contribution in [0.2, 0.25) is 0 Å². The molecule has 0 rings (SSSR count). The fourth-order valence-corrected chi connectivity index (χ4v) is 1.28. The highest BCUT2D eigenvalue weighted by Crippen LogP contribution is 2.25. The average molecular weight is 237 g/mol. The lowest BCUT2D eigenvalue weighted by molar-refractivity contribution is -0.144. The van der Waals surface area contributed by atoms with E-state index in [2.05, 4.69) is 18.2 Å². The van der Waals surface area contributed by atoms with Crippen LogP contribution in [0.1, 0.15) is 20.8 Å². The molecule has 2 atom stereocenters. The maximum Gasteiger partial charge on any atom is 0.241 e. The van der Waals surface area contributed by atoms with Gasteiger partial charge in [0, 0.05) is 0 Å². The molecule has 5 nitrogen and oxygen atoms in total. The highest BCUT2D eigenvalue weighted by atomic mass is 16.3. The molecule has 17 heavy (non-hydrogen) atoms. The summed E-state index contributed by atoms with van der Waals surface area (Å²) < 4.78 is 0. The summed E-state index contributed by atoms with van der Waals surface area (Å²) in [7, 11) is 0. The molecule has 0 aromatic heterocycles. The molecule has 0 radical (unpaired) electrons. The van der Waals surface area contributed by atoms with E-state index in [-0.39, 0.29) is 11.1 Å². The van der Waals surface area contributed by atoms with Gasteiger partial charge in [-0.25, -0.2) is 4.79 Å². The van der Waals surface area contributed by atoms with Crippen molar-refractivity contribution in [2.45, 2.75) is 26.5 Å². The van der Waals surface area contributed by atoms with Gasteiger partial charge in [0.25, 0.3) is 0 Å². The van der Waals surface area contributed by atoms with Gasteiger partial charge in [0.05, 0.1) is 5.92 Å². The van der Waals surface area contributed by atoms with Gasteiger partial charge in [-0.2, -0.15) is 4.99 Å². The van der Waals surface area contributed by atoms with Crippen molar-refractivity contribution in [2.24, 2.45) is 10.9 Å². The van der Waals surface area contributed by atoms with Crippen molar-refractivity contribution in [1.29, 1.82) is 0 Å². The minimum Gasteiger partial charge on any atom is -0.362 e. The Kier molecular flexibility index (Phi) is 4.88. The number of hydrogen-bond acceptors (Lipinski definition) is 5. The Labute approximate surface area is 99.5 Å². The van der Waals surface area contributed by atoms with Gasteiger partial charge in [-0.3, -0.25) is 9.59 Å². The Balaban J connectivity index is 5.58. The third-order valence-corrected chi connectivity index (χ3v) is 2.36. The number of hydrogen-bond donors (Lipinski definition) is 1. The largest absolute Gasteiger partial charge is 0.362 e. The summed E-state index contributed by atoms with van der Waals surface area (Å²) in [5.74, 6) is -2.66. The first-order chi connectivity index (χ1) is 7.68. The molecule has 0 amide bonds. The van der Waals surface area contributed by atoms with Gasteiger partial charge in [-0.1, -0.05) is 13.2 Å². The first-order valence-corrected chi connectivity index (χ1v) is 4.90. The zero-order valence-corrected chi connectivity index (χ0v) is 10.1. The number of aliphatic imine (C=N–C) groups is 1. The highest BCUT2D eigenvalue weighted by Gasteiger charge is 2.45. The monoisotopic (exact) mass is 237 g/mol. The number of nitrogens with zero attached hydrogens (tertiary/aromatic N) is 1. The second-order valence-corrected chi connectivity index (χ2v) is 3.90. The van der Waals surface area contributed by atoms with Crippen molar-refractivity contribution in [3.8, 4) is 0 Å². The standard InChI is InChI=1S/C12H15NO4/c1-7(2)10(15)9(5)12(17,13-6-14)11(16)8(3)4/h9,17H,1,3H2,2,4-5H3. The number of aliphatic hydroxyl groups is 1. The van der Waals surface area contributed by atoms with Crippen molar-refractivity contribution in [1.82, 2.24) is 0 Å². The summed E-state index contributed by atoms with van der Waals surface area (Å²) in [5, 5.41) is 10.0. The Bertz CT molecular complexity index is 432. The average Bonchev–Trinajstić information content (AvgIpc) is 2.25. The third kappa shape index (κ3) is 3.06. The maximum atomic E-state index is 11.7. The van der Waals surface area contributed by atoms with Crippen LogP contribution in [0, 0.1) is 5.92 Å². The van der Waals surface area contributed by atoms with E-state index in [9.17, 15) is 19.5 Å². The molecule has 0 aliphatic heterocycles. The fraction of sp³-hybridized carbons (Fsp3) is 0.417. The number of ketones is 2. The summed E-state index contributed by atoms with van der Waals surface area (Å²) in [6.45, 7) is 10.9. The molecule has 0 aromatic rings. The zero-order chi connectivity index (χ0) is 13.8. The van der Waals surface area contributed by atoms with Gasteiger partial charge in [0.2, 0.25) is 17.6 Å². The summed E-state index contributed by atoms with van der Waals surface area (Å²) in [6, 6.07) is 0. The van der Waals surface area contributed by atoms with E-state index >= 15 is 0 Å². The fourth-order valence-electron chi connectivity index (χ4n) is 1.28. The predicted octanol–water partition coefficient (Wildman–Crippen LogP) is 0.937. The van der Waals surface area contributed by atoms with E-state index in [1.54, 1.807) is 0 Å². The Morgan fingerprint density at radius 1 is 1.29 bits per heavy atom. The number of allylic oxidation sites excluding steroid dienone is 1. The van der Waals surface area contributed by atoms with Crippen LogP contribution in [0.15, 0.2) is 29.3 Å². The molecule has 0 bridgehead atoms. The summed E-state index contributed by atoms with van der Waals surface area (Å²) in [4.78, 5) is 36.7. The number of carbonyl (C=O) groups is 2. The minimum absolute atomic E-state index is 0.00661. The van der Waals surface area contributed by atoms with Crippen LogP contribution in [-0.2, 0) is 14.4 Å². The molecular weight excluding hydrogens is 222 g/mol. The van der Waals surface area contributed by atoms with Crippen LogP contribution in [0.4, 0.5) is 0 Å². The minimum atomic E-state index is -2.45. The van der Waals surface area contributed by atoms with Crippen molar-refractivity contribution in [3.63, 3.8) is 0 Å².